The molecule has 3 heterocycles. The van der Waals surface area contributed by atoms with E-state index in [1.165, 1.54) is 24.7 Å². The molecular formula is C25H30ClFN5O7P. The third-order valence-electron chi connectivity index (χ3n) is 6.60. The number of nitrogens with two attached hydrogens (primary N) is 1. The van der Waals surface area contributed by atoms with E-state index in [4.69, 9.17) is 31.1 Å². The van der Waals surface area contributed by atoms with E-state index in [9.17, 15) is 19.3 Å². The van der Waals surface area contributed by atoms with Crippen LogP contribution in [-0.2, 0) is 29.8 Å². The zero-order chi connectivity index (χ0) is 29.2. The molecule has 15 heteroatoms. The molecule has 1 saturated heterocycles. The molecule has 1 aromatic carbocycles. The monoisotopic (exact) mass is 597 g/mol. The maximum absolute atomic E-state index is 15.6. The lowest BCUT2D eigenvalue weighted by Gasteiger charge is -2.25. The van der Waals surface area contributed by atoms with Gasteiger partial charge in [-0.2, -0.15) is 0 Å². The summed E-state index contributed by atoms with van der Waals surface area (Å²) in [5, 5.41) is 7.87. The lowest BCUT2D eigenvalue weighted by molar-refractivity contribution is -0.120. The molecule has 1 aliphatic heterocycles. The standard InChI is InChI=1S/C25H30ClFN5O7P/c1-14(16(3)34)11-40(36,39-18-7-5-4-6-17(18)9-8-15(2)33)37-10-19-21(35)25(26,27)24(38-19)32-13-31-20-22(28)29-12-30-23(20)32/h4-7,12-14,19,21,24,35H,8-11H2,1-3H3,(H2,28,29,30)/t14-,19-,21?,24-,25-,40?/m1/s1. The molecule has 6 atom stereocenters. The number of aliphatic hydroxyl groups excluding tert-OH is 1. The van der Waals surface area contributed by atoms with Crippen molar-refractivity contribution >= 4 is 47.7 Å². The van der Waals surface area contributed by atoms with Crippen molar-refractivity contribution in [3.8, 4) is 5.75 Å². The summed E-state index contributed by atoms with van der Waals surface area (Å²) in [6.07, 6.45) is -2.25. The number of rotatable bonds is 12. The van der Waals surface area contributed by atoms with Crippen molar-refractivity contribution in [3.05, 3.63) is 42.5 Å². The molecule has 3 N–H and O–H groups in total. The highest BCUT2D eigenvalue weighted by molar-refractivity contribution is 7.54. The molecule has 4 rings (SSSR count). The van der Waals surface area contributed by atoms with E-state index < -0.39 is 43.7 Å². The molecular weight excluding hydrogens is 568 g/mol. The molecule has 2 unspecified atom stereocenters. The smallest absolute Gasteiger partial charge is 0.380 e. The van der Waals surface area contributed by atoms with Crippen LogP contribution in [0.15, 0.2) is 36.9 Å². The van der Waals surface area contributed by atoms with Gasteiger partial charge in [-0.25, -0.2) is 23.9 Å². The van der Waals surface area contributed by atoms with Gasteiger partial charge in [0.25, 0.3) is 5.13 Å². The number of para-hydroxylation sites is 1. The Kier molecular flexibility index (Phi) is 8.91. The average Bonchev–Trinajstić information content (AvgIpc) is 3.41. The molecule has 0 amide bonds. The lowest BCUT2D eigenvalue weighted by atomic mass is 10.1. The maximum atomic E-state index is 15.6. The van der Waals surface area contributed by atoms with E-state index in [1.54, 1.807) is 31.2 Å². The van der Waals surface area contributed by atoms with E-state index >= 15 is 4.39 Å². The summed E-state index contributed by atoms with van der Waals surface area (Å²) < 4.78 is 48.0. The molecule has 0 spiro atoms. The Morgan fingerprint density at radius 3 is 2.73 bits per heavy atom. The first-order valence-corrected chi connectivity index (χ1v) is 14.6. The van der Waals surface area contributed by atoms with Gasteiger partial charge < -0.3 is 24.9 Å². The van der Waals surface area contributed by atoms with Crippen molar-refractivity contribution in [2.24, 2.45) is 5.92 Å². The van der Waals surface area contributed by atoms with Gasteiger partial charge in [-0.1, -0.05) is 36.7 Å². The van der Waals surface area contributed by atoms with Gasteiger partial charge in [0, 0.05) is 12.3 Å². The van der Waals surface area contributed by atoms with Crippen LogP contribution >= 0.6 is 19.2 Å². The zero-order valence-corrected chi connectivity index (χ0v) is 23.7. The van der Waals surface area contributed by atoms with Gasteiger partial charge in [-0.15, -0.1) is 0 Å². The number of nitrogens with zero attached hydrogens (tertiary/aromatic N) is 4. The summed E-state index contributed by atoms with van der Waals surface area (Å²) in [7, 11) is -4.09. The number of carbonyl (C=O) groups is 2. The first-order valence-electron chi connectivity index (χ1n) is 12.5. The molecule has 0 radical (unpaired) electrons. The third-order valence-corrected chi connectivity index (χ3v) is 9.03. The molecule has 0 saturated carbocycles. The molecule has 2 aromatic heterocycles. The van der Waals surface area contributed by atoms with Gasteiger partial charge >= 0.3 is 7.60 Å². The fourth-order valence-electron chi connectivity index (χ4n) is 4.17. The topological polar surface area (TPSA) is 169 Å². The number of imidazole rings is 1. The van der Waals surface area contributed by atoms with Crippen molar-refractivity contribution in [3.63, 3.8) is 0 Å². The Morgan fingerprint density at radius 2 is 2.02 bits per heavy atom. The highest BCUT2D eigenvalue weighted by Gasteiger charge is 2.58. The molecule has 0 bridgehead atoms. The second-order valence-corrected chi connectivity index (χ2v) is 12.3. The molecule has 40 heavy (non-hydrogen) atoms. The predicted octanol–water partition coefficient (Wildman–Crippen LogP) is 3.61. The number of aromatic nitrogens is 4. The molecule has 3 aromatic rings. The van der Waals surface area contributed by atoms with E-state index in [2.05, 4.69) is 15.0 Å². The number of ketones is 2. The minimum Gasteiger partial charge on any atom is -0.424 e. The number of halogens is 2. The van der Waals surface area contributed by atoms with E-state index in [0.717, 1.165) is 6.33 Å². The second-order valence-electron chi connectivity index (χ2n) is 9.73. The van der Waals surface area contributed by atoms with E-state index in [-0.39, 0.29) is 46.9 Å². The van der Waals surface area contributed by atoms with Gasteiger partial charge in [0.2, 0.25) is 0 Å². The fraction of sp³-hybridized carbons (Fsp3) is 0.480. The number of alkyl halides is 2. The largest absolute Gasteiger partial charge is 0.424 e. The summed E-state index contributed by atoms with van der Waals surface area (Å²) in [4.78, 5) is 35.5. The number of anilines is 1. The zero-order valence-electron chi connectivity index (χ0n) is 22.1. The van der Waals surface area contributed by atoms with Crippen LogP contribution < -0.4 is 10.3 Å². The molecule has 1 aliphatic rings. The maximum Gasteiger partial charge on any atom is 0.380 e. The number of aryl methyl sites for hydroxylation is 1. The summed E-state index contributed by atoms with van der Waals surface area (Å²) in [5.41, 5.74) is 6.73. The summed E-state index contributed by atoms with van der Waals surface area (Å²) in [6.45, 7) is 3.80. The van der Waals surface area contributed by atoms with Gasteiger partial charge in [-0.3, -0.25) is 13.9 Å². The Hall–Kier alpha value is -2.96. The average molecular weight is 598 g/mol. The number of ether oxygens (including phenoxy) is 1. The van der Waals surface area contributed by atoms with Crippen LogP contribution in [0.2, 0.25) is 0 Å². The van der Waals surface area contributed by atoms with Crippen LogP contribution in [0.1, 0.15) is 39.0 Å². The number of hydrogen-bond donors (Lipinski definition) is 2. The minimum absolute atomic E-state index is 0.0306. The number of benzene rings is 1. The van der Waals surface area contributed by atoms with Crippen molar-refractivity contribution in [2.45, 2.75) is 57.2 Å². The van der Waals surface area contributed by atoms with Crippen LogP contribution in [0.3, 0.4) is 0 Å². The Morgan fingerprint density at radius 1 is 1.30 bits per heavy atom. The quantitative estimate of drug-likeness (QED) is 0.231. The Labute approximate surface area is 234 Å². The van der Waals surface area contributed by atoms with Crippen LogP contribution in [0, 0.1) is 5.92 Å². The van der Waals surface area contributed by atoms with Crippen LogP contribution in [0.25, 0.3) is 11.2 Å². The van der Waals surface area contributed by atoms with E-state index in [0.29, 0.717) is 12.0 Å². The molecule has 1 fully saturated rings. The Bertz CT molecular complexity index is 1450. The SMILES string of the molecule is CC(=O)CCc1ccccc1OP(=O)(C[C@@H](C)C(C)=O)OC[C@H]1O[C@@H](n2cnc3c(N)ncnc32)[C@@](F)(Cl)C1O. The summed E-state index contributed by atoms with van der Waals surface area (Å²) in [6, 6.07) is 6.71. The van der Waals surface area contributed by atoms with Gasteiger partial charge in [0.15, 0.2) is 17.7 Å². The van der Waals surface area contributed by atoms with Gasteiger partial charge in [-0.05, 0) is 31.9 Å². The number of aliphatic hydroxyl groups is 1. The van der Waals surface area contributed by atoms with Crippen molar-refractivity contribution in [1.29, 1.82) is 0 Å². The first-order chi connectivity index (χ1) is 18.8. The first kappa shape index (κ1) is 30.0. The number of nitrogen functional groups attached to an aromatic ring is 1. The van der Waals surface area contributed by atoms with Crippen molar-refractivity contribution in [2.75, 3.05) is 18.5 Å². The van der Waals surface area contributed by atoms with Crippen molar-refractivity contribution in [1.82, 2.24) is 19.5 Å². The number of hydrogen-bond acceptors (Lipinski definition) is 11. The molecule has 12 nitrogen and oxygen atoms in total. The predicted molar refractivity (Wildman–Crippen MR) is 144 cm³/mol. The highest BCUT2D eigenvalue weighted by atomic mass is 35.5. The highest BCUT2D eigenvalue weighted by Crippen LogP contribution is 2.52. The Balaban J connectivity index is 1.57. The van der Waals surface area contributed by atoms with E-state index in [1.807, 2.05) is 0 Å². The van der Waals surface area contributed by atoms with Crippen molar-refractivity contribution < 1.29 is 37.4 Å². The van der Waals surface area contributed by atoms with Crippen LogP contribution in [-0.4, -0.2) is 66.3 Å². The minimum atomic E-state index is -4.09. The fourth-order valence-corrected chi connectivity index (χ4v) is 6.48. The second kappa shape index (κ2) is 11.9. The summed E-state index contributed by atoms with van der Waals surface area (Å²) in [5.74, 6) is -0.702. The number of Topliss-reactive ketones (excluding diaryl/α,β-unsaturated/α-hetero) is 2. The van der Waals surface area contributed by atoms with Crippen LogP contribution in [0.5, 0.6) is 5.75 Å². The number of fused-ring (bicyclic) bond motifs is 1. The molecule has 216 valence electrons. The normalized spacial score (nSPS) is 25.0. The third kappa shape index (κ3) is 6.34. The van der Waals surface area contributed by atoms with Crippen LogP contribution in [0.4, 0.5) is 10.2 Å². The van der Waals surface area contributed by atoms with Gasteiger partial charge in [0.05, 0.1) is 19.1 Å². The lowest BCUT2D eigenvalue weighted by Crippen LogP contribution is -2.38. The van der Waals surface area contributed by atoms with Gasteiger partial charge in [0.1, 0.15) is 41.4 Å². The number of carbonyl (C=O) groups excluding carboxylic acids is 2. The summed E-state index contributed by atoms with van der Waals surface area (Å²) >= 11 is 6.10. The molecule has 0 aliphatic carbocycles.